The Bertz CT molecular complexity index is 551. The highest BCUT2D eigenvalue weighted by Crippen LogP contribution is 2.30. The molecular formula is C10H2F4N2O. The van der Waals surface area contributed by atoms with E-state index in [1.54, 1.807) is 0 Å². The summed E-state index contributed by atoms with van der Waals surface area (Å²) in [6, 6.07) is 1.27. The molecule has 0 unspecified atom stereocenters. The fourth-order valence-corrected chi connectivity index (χ4v) is 0.990. The normalized spacial score (nSPS) is 10.8. The maximum atomic E-state index is 13.1. The van der Waals surface area contributed by atoms with Gasteiger partial charge >= 0.3 is 0 Å². The second-order valence-corrected chi connectivity index (χ2v) is 2.77. The average molecular weight is 242 g/mol. The van der Waals surface area contributed by atoms with Crippen molar-refractivity contribution in [3.05, 3.63) is 45.9 Å². The Labute approximate surface area is 92.7 Å². The lowest BCUT2D eigenvalue weighted by Crippen LogP contribution is -2.00. The Morgan fingerprint density at radius 1 is 1.18 bits per heavy atom. The summed E-state index contributed by atoms with van der Waals surface area (Å²) in [6.45, 7) is 6.45. The van der Waals surface area contributed by atoms with E-state index in [4.69, 9.17) is 16.9 Å². The van der Waals surface area contributed by atoms with E-state index >= 15 is 0 Å². The van der Waals surface area contributed by atoms with Crippen molar-refractivity contribution >= 4 is 6.08 Å². The van der Waals surface area contributed by atoms with Gasteiger partial charge in [-0.05, 0) is 6.08 Å². The van der Waals surface area contributed by atoms with Crippen LogP contribution in [0.25, 0.3) is 10.9 Å². The van der Waals surface area contributed by atoms with Gasteiger partial charge in [-0.3, -0.25) is 0 Å². The molecule has 0 fully saturated rings. The maximum absolute atomic E-state index is 13.1. The summed E-state index contributed by atoms with van der Waals surface area (Å²) in [5, 5.41) is 17.0. The summed E-state index contributed by atoms with van der Waals surface area (Å²) < 4.78 is 52.0. The lowest BCUT2D eigenvalue weighted by atomic mass is 10.1. The molecule has 0 saturated heterocycles. The Morgan fingerprint density at radius 2 is 1.65 bits per heavy atom. The summed E-state index contributed by atoms with van der Waals surface area (Å²) >= 11 is 0. The first-order chi connectivity index (χ1) is 7.93. The third-order valence-electron chi connectivity index (χ3n) is 1.79. The first-order valence-electron chi connectivity index (χ1n) is 3.98. The molecule has 86 valence electrons. The van der Waals surface area contributed by atoms with Gasteiger partial charge in [0.05, 0.1) is 12.6 Å². The van der Waals surface area contributed by atoms with E-state index in [0.29, 0.717) is 6.08 Å². The molecule has 0 bridgehead atoms. The Morgan fingerprint density at radius 3 is 2.00 bits per heavy atom. The van der Waals surface area contributed by atoms with E-state index < -0.39 is 40.3 Å². The first-order valence-corrected chi connectivity index (χ1v) is 3.98. The van der Waals surface area contributed by atoms with E-state index in [9.17, 15) is 17.6 Å². The van der Waals surface area contributed by atoms with Crippen molar-refractivity contribution in [1.29, 1.82) is 5.26 Å². The first kappa shape index (κ1) is 12.5. The van der Waals surface area contributed by atoms with Crippen molar-refractivity contribution in [1.82, 2.24) is 0 Å². The quantitative estimate of drug-likeness (QED) is 0.356. The molecule has 1 aromatic rings. The third kappa shape index (κ3) is 2.04. The molecular weight excluding hydrogens is 240 g/mol. The van der Waals surface area contributed by atoms with Gasteiger partial charge in [0.2, 0.25) is 11.6 Å². The summed E-state index contributed by atoms with van der Waals surface area (Å²) in [4.78, 5) is 2.58. The van der Waals surface area contributed by atoms with E-state index in [-0.39, 0.29) is 0 Å². The highest BCUT2D eigenvalue weighted by molar-refractivity contribution is 5.61. The molecule has 0 saturated carbocycles. The lowest BCUT2D eigenvalue weighted by Gasteiger charge is -2.05. The van der Waals surface area contributed by atoms with Crippen LogP contribution in [0.5, 0.6) is 5.75 Å². The molecule has 1 aromatic carbocycles. The number of halogens is 4. The minimum atomic E-state index is -1.99. The SMILES string of the molecule is [C-]#[N+]/C(C#N)=C/c1c(F)c(F)c(O)c(F)c1F. The minimum absolute atomic E-state index is 0.350. The van der Waals surface area contributed by atoms with Crippen LogP contribution in [-0.2, 0) is 0 Å². The lowest BCUT2D eigenvalue weighted by molar-refractivity contribution is 0.355. The number of allylic oxidation sites excluding steroid dienone is 1. The molecule has 3 nitrogen and oxygen atoms in total. The van der Waals surface area contributed by atoms with Crippen molar-refractivity contribution in [2.45, 2.75) is 0 Å². The largest absolute Gasteiger partial charge is 0.503 e. The zero-order valence-electron chi connectivity index (χ0n) is 7.93. The molecule has 0 spiro atoms. The molecule has 1 rings (SSSR count). The topological polar surface area (TPSA) is 48.4 Å². The van der Waals surface area contributed by atoms with Crippen molar-refractivity contribution < 1.29 is 22.7 Å². The van der Waals surface area contributed by atoms with Crippen LogP contribution < -0.4 is 0 Å². The highest BCUT2D eigenvalue weighted by Gasteiger charge is 2.24. The van der Waals surface area contributed by atoms with Gasteiger partial charge in [0.25, 0.3) is 5.70 Å². The number of hydrogen-bond donors (Lipinski definition) is 1. The van der Waals surface area contributed by atoms with Crippen LogP contribution in [0.2, 0.25) is 0 Å². The van der Waals surface area contributed by atoms with Crippen LogP contribution in [0.4, 0.5) is 17.6 Å². The van der Waals surface area contributed by atoms with Gasteiger partial charge in [0.15, 0.2) is 17.4 Å². The molecule has 0 atom stereocenters. The Balaban J connectivity index is 3.64. The van der Waals surface area contributed by atoms with Crippen molar-refractivity contribution in [3.8, 4) is 11.8 Å². The van der Waals surface area contributed by atoms with E-state index in [2.05, 4.69) is 4.85 Å². The van der Waals surface area contributed by atoms with Gasteiger partial charge in [-0.15, -0.1) is 0 Å². The van der Waals surface area contributed by atoms with Crippen LogP contribution in [0.1, 0.15) is 5.56 Å². The van der Waals surface area contributed by atoms with Crippen LogP contribution in [-0.4, -0.2) is 5.11 Å². The van der Waals surface area contributed by atoms with Crippen LogP contribution in [0.3, 0.4) is 0 Å². The fraction of sp³-hybridized carbons (Fsp3) is 0. The van der Waals surface area contributed by atoms with E-state index in [0.717, 1.165) is 0 Å². The molecule has 1 N–H and O–H groups in total. The molecule has 0 aromatic heterocycles. The number of phenolic OH excluding ortho intramolecular Hbond substituents is 1. The highest BCUT2D eigenvalue weighted by atomic mass is 19.2. The van der Waals surface area contributed by atoms with E-state index in [1.165, 1.54) is 6.07 Å². The van der Waals surface area contributed by atoms with Gasteiger partial charge in [0, 0.05) is 5.56 Å². The molecule has 0 radical (unpaired) electrons. The van der Waals surface area contributed by atoms with Gasteiger partial charge in [-0.1, -0.05) is 0 Å². The fourth-order valence-electron chi connectivity index (χ4n) is 0.990. The number of nitrogens with zero attached hydrogens (tertiary/aromatic N) is 2. The van der Waals surface area contributed by atoms with Gasteiger partial charge in [-0.2, -0.15) is 8.78 Å². The van der Waals surface area contributed by atoms with Crippen LogP contribution in [0, 0.1) is 41.2 Å². The molecule has 17 heavy (non-hydrogen) atoms. The summed E-state index contributed by atoms with van der Waals surface area (Å²) in [7, 11) is 0. The predicted molar refractivity (Wildman–Crippen MR) is 48.1 cm³/mol. The average Bonchev–Trinajstić information content (AvgIpc) is 2.34. The smallest absolute Gasteiger partial charge is 0.262 e. The molecule has 0 aliphatic carbocycles. The number of nitriles is 1. The second-order valence-electron chi connectivity index (χ2n) is 2.77. The van der Waals surface area contributed by atoms with Crippen molar-refractivity contribution in [2.75, 3.05) is 0 Å². The second kappa shape index (κ2) is 4.54. The van der Waals surface area contributed by atoms with E-state index in [1.807, 2.05) is 0 Å². The summed E-state index contributed by atoms with van der Waals surface area (Å²) in [5.41, 5.74) is -1.99. The summed E-state index contributed by atoms with van der Waals surface area (Å²) in [6.07, 6.45) is 0.350. The standard InChI is InChI=1S/C10H2F4N2O/c1-16-4(3-15)2-5-6(11)8(13)10(17)9(14)7(5)12/h2,17H/b4-2+. The number of rotatable bonds is 1. The number of hydrogen-bond acceptors (Lipinski definition) is 2. The molecule has 0 heterocycles. The Kier molecular flexibility index (Phi) is 3.34. The maximum Gasteiger partial charge on any atom is 0.262 e. The monoisotopic (exact) mass is 242 g/mol. The van der Waals surface area contributed by atoms with Gasteiger partial charge in [-0.25, -0.2) is 18.9 Å². The van der Waals surface area contributed by atoms with Gasteiger partial charge in [0.1, 0.15) is 0 Å². The van der Waals surface area contributed by atoms with Crippen LogP contribution in [0.15, 0.2) is 5.70 Å². The number of benzene rings is 1. The van der Waals surface area contributed by atoms with Crippen molar-refractivity contribution in [2.24, 2.45) is 0 Å². The van der Waals surface area contributed by atoms with Crippen molar-refractivity contribution in [3.63, 3.8) is 0 Å². The molecule has 0 amide bonds. The Hall–Kier alpha value is -2.54. The van der Waals surface area contributed by atoms with Gasteiger partial charge < -0.3 is 5.11 Å². The molecule has 0 aliphatic rings. The predicted octanol–water partition coefficient (Wildman–Crippen LogP) is 2.73. The third-order valence-corrected chi connectivity index (χ3v) is 1.79. The molecule has 7 heteroatoms. The molecule has 0 aliphatic heterocycles. The van der Waals surface area contributed by atoms with Crippen LogP contribution >= 0.6 is 0 Å². The summed E-state index contributed by atoms with van der Waals surface area (Å²) in [5.74, 6) is -9.52. The number of aromatic hydroxyl groups is 1. The zero-order valence-corrected chi connectivity index (χ0v) is 7.93. The minimum Gasteiger partial charge on any atom is -0.503 e. The zero-order chi connectivity index (χ0) is 13.2. The number of phenols is 1.